The molecule has 1 N–H and O–H groups in total. The number of carboxylic acids is 1. The Morgan fingerprint density at radius 2 is 2.13 bits per heavy atom. The van der Waals surface area contributed by atoms with Gasteiger partial charge in [-0.3, -0.25) is 4.79 Å². The van der Waals surface area contributed by atoms with Gasteiger partial charge in [-0.25, -0.2) is 14.6 Å². The van der Waals surface area contributed by atoms with Crippen molar-refractivity contribution in [1.82, 2.24) is 30.2 Å². The van der Waals surface area contributed by atoms with Crippen molar-refractivity contribution in [3.63, 3.8) is 0 Å². The van der Waals surface area contributed by atoms with Gasteiger partial charge in [0.2, 0.25) is 5.82 Å². The molecule has 8 nitrogen and oxygen atoms in total. The van der Waals surface area contributed by atoms with Crippen molar-refractivity contribution >= 4 is 5.97 Å². The van der Waals surface area contributed by atoms with E-state index < -0.39 is 5.97 Å². The monoisotopic (exact) mass is 206 g/mol. The van der Waals surface area contributed by atoms with Crippen LogP contribution < -0.4 is 0 Å². The van der Waals surface area contributed by atoms with Gasteiger partial charge in [0.15, 0.2) is 5.82 Å². The number of carbonyl (C=O) groups is 1. The summed E-state index contributed by atoms with van der Waals surface area (Å²) in [4.78, 5) is 18.3. The molecule has 0 bridgehead atoms. The Morgan fingerprint density at radius 3 is 2.80 bits per heavy atom. The predicted molar refractivity (Wildman–Crippen MR) is 46.5 cm³/mol. The van der Waals surface area contributed by atoms with Gasteiger partial charge >= 0.3 is 5.97 Å². The highest BCUT2D eigenvalue weighted by Gasteiger charge is 2.12. The topological polar surface area (TPSA) is 107 Å². The Hall–Kier alpha value is -2.38. The molecule has 0 saturated heterocycles. The van der Waals surface area contributed by atoms with Crippen LogP contribution in [0.25, 0.3) is 11.6 Å². The molecule has 0 saturated carbocycles. The SMILES string of the molecule is O=C(O)Cn1nnnc1-c1ncccn1. The first-order valence-electron chi connectivity index (χ1n) is 4.03. The van der Waals surface area contributed by atoms with E-state index in [2.05, 4.69) is 25.5 Å². The van der Waals surface area contributed by atoms with Crippen LogP contribution in [0, 0.1) is 0 Å². The molecule has 0 aliphatic heterocycles. The molecule has 0 amide bonds. The standard InChI is InChI=1S/C7H6N6O2/c14-5(15)4-13-7(10-11-12-13)6-8-2-1-3-9-6/h1-3H,4H2,(H,14,15). The molecule has 2 heterocycles. The smallest absolute Gasteiger partial charge is 0.325 e. The number of rotatable bonds is 3. The zero-order chi connectivity index (χ0) is 10.7. The summed E-state index contributed by atoms with van der Waals surface area (Å²) in [6.45, 7) is -0.319. The van der Waals surface area contributed by atoms with Gasteiger partial charge in [-0.05, 0) is 16.5 Å². The fraction of sp³-hybridized carbons (Fsp3) is 0.143. The van der Waals surface area contributed by atoms with E-state index >= 15 is 0 Å². The van der Waals surface area contributed by atoms with E-state index in [9.17, 15) is 4.79 Å². The van der Waals surface area contributed by atoms with Crippen LogP contribution in [0.2, 0.25) is 0 Å². The second-order valence-corrected chi connectivity index (χ2v) is 2.63. The zero-order valence-corrected chi connectivity index (χ0v) is 7.48. The minimum Gasteiger partial charge on any atom is -0.480 e. The van der Waals surface area contributed by atoms with Crippen molar-refractivity contribution in [3.05, 3.63) is 18.5 Å². The number of carboxylic acid groups (broad SMARTS) is 1. The Labute approximate surface area is 83.6 Å². The minimum absolute atomic E-state index is 0.234. The number of nitrogens with zero attached hydrogens (tertiary/aromatic N) is 6. The fourth-order valence-electron chi connectivity index (χ4n) is 1.01. The molecule has 15 heavy (non-hydrogen) atoms. The minimum atomic E-state index is -1.03. The highest BCUT2D eigenvalue weighted by molar-refractivity contribution is 5.67. The Balaban J connectivity index is 2.37. The molecule has 0 fully saturated rings. The third kappa shape index (κ3) is 1.93. The lowest BCUT2D eigenvalue weighted by Crippen LogP contribution is -2.12. The highest BCUT2D eigenvalue weighted by Crippen LogP contribution is 2.07. The van der Waals surface area contributed by atoms with Crippen LogP contribution in [0.15, 0.2) is 18.5 Å². The van der Waals surface area contributed by atoms with Crippen LogP contribution >= 0.6 is 0 Å². The Bertz CT molecular complexity index is 467. The van der Waals surface area contributed by atoms with E-state index in [0.717, 1.165) is 4.68 Å². The molecule has 8 heteroatoms. The van der Waals surface area contributed by atoms with E-state index in [4.69, 9.17) is 5.11 Å². The molecule has 0 aliphatic rings. The van der Waals surface area contributed by atoms with Crippen LogP contribution in [0.5, 0.6) is 0 Å². The number of aromatic nitrogens is 6. The van der Waals surface area contributed by atoms with E-state index in [1.807, 2.05) is 0 Å². The summed E-state index contributed by atoms with van der Waals surface area (Å²) in [6.07, 6.45) is 3.06. The molecule has 0 radical (unpaired) electrons. The highest BCUT2D eigenvalue weighted by atomic mass is 16.4. The van der Waals surface area contributed by atoms with Gasteiger partial charge in [0.25, 0.3) is 0 Å². The molecular formula is C7H6N6O2. The van der Waals surface area contributed by atoms with E-state index in [-0.39, 0.29) is 12.4 Å². The van der Waals surface area contributed by atoms with Crippen LogP contribution in [0.3, 0.4) is 0 Å². The zero-order valence-electron chi connectivity index (χ0n) is 7.48. The molecule has 2 rings (SSSR count). The first-order valence-corrected chi connectivity index (χ1v) is 4.03. The largest absolute Gasteiger partial charge is 0.480 e. The average molecular weight is 206 g/mol. The molecule has 0 spiro atoms. The number of aliphatic carboxylic acids is 1. The summed E-state index contributed by atoms with van der Waals surface area (Å²) in [5.74, 6) is -0.499. The third-order valence-electron chi connectivity index (χ3n) is 1.58. The summed E-state index contributed by atoms with van der Waals surface area (Å²) in [7, 11) is 0. The van der Waals surface area contributed by atoms with Gasteiger partial charge in [0, 0.05) is 12.4 Å². The number of tetrazole rings is 1. The lowest BCUT2D eigenvalue weighted by Gasteiger charge is -1.98. The second kappa shape index (κ2) is 3.78. The molecule has 0 unspecified atom stereocenters. The van der Waals surface area contributed by atoms with Gasteiger partial charge in [-0.2, -0.15) is 0 Å². The van der Waals surface area contributed by atoms with Crippen LogP contribution in [0.4, 0.5) is 0 Å². The lowest BCUT2D eigenvalue weighted by atomic mass is 10.5. The normalized spacial score (nSPS) is 10.1. The van der Waals surface area contributed by atoms with E-state index in [1.165, 1.54) is 12.4 Å². The maximum Gasteiger partial charge on any atom is 0.325 e. The Kier molecular flexibility index (Phi) is 2.31. The maximum atomic E-state index is 10.5. The van der Waals surface area contributed by atoms with E-state index in [1.54, 1.807) is 6.07 Å². The summed E-state index contributed by atoms with van der Waals surface area (Å²) >= 11 is 0. The van der Waals surface area contributed by atoms with Crippen LogP contribution in [0.1, 0.15) is 0 Å². The molecule has 76 valence electrons. The quantitative estimate of drug-likeness (QED) is 0.701. The van der Waals surface area contributed by atoms with Gasteiger partial charge in [-0.1, -0.05) is 0 Å². The molecule has 2 aromatic rings. The summed E-state index contributed by atoms with van der Waals surface area (Å²) < 4.78 is 1.12. The fourth-order valence-corrected chi connectivity index (χ4v) is 1.01. The van der Waals surface area contributed by atoms with Gasteiger partial charge in [0.1, 0.15) is 6.54 Å². The van der Waals surface area contributed by atoms with Crippen molar-refractivity contribution in [2.24, 2.45) is 0 Å². The van der Waals surface area contributed by atoms with Crippen molar-refractivity contribution < 1.29 is 9.90 Å². The van der Waals surface area contributed by atoms with Crippen molar-refractivity contribution in [3.8, 4) is 11.6 Å². The van der Waals surface area contributed by atoms with Crippen molar-refractivity contribution in [2.45, 2.75) is 6.54 Å². The number of hydrogen-bond donors (Lipinski definition) is 1. The predicted octanol–water partition coefficient (Wildman–Crippen LogP) is -0.785. The molecular weight excluding hydrogens is 200 g/mol. The third-order valence-corrected chi connectivity index (χ3v) is 1.58. The summed E-state index contributed by atoms with van der Waals surface area (Å²) in [6, 6.07) is 1.65. The first kappa shape index (κ1) is 9.19. The molecule has 0 atom stereocenters. The Morgan fingerprint density at radius 1 is 1.40 bits per heavy atom. The van der Waals surface area contributed by atoms with Crippen LogP contribution in [-0.4, -0.2) is 41.3 Å². The van der Waals surface area contributed by atoms with Crippen LogP contribution in [-0.2, 0) is 11.3 Å². The van der Waals surface area contributed by atoms with Crippen molar-refractivity contribution in [1.29, 1.82) is 0 Å². The maximum absolute atomic E-state index is 10.5. The summed E-state index contributed by atoms with van der Waals surface area (Å²) in [5.41, 5.74) is 0. The molecule has 0 aromatic carbocycles. The van der Waals surface area contributed by atoms with Crippen molar-refractivity contribution in [2.75, 3.05) is 0 Å². The summed E-state index contributed by atoms with van der Waals surface area (Å²) in [5, 5.41) is 19.2. The average Bonchev–Trinajstić information content (AvgIpc) is 2.66. The molecule has 2 aromatic heterocycles. The first-order chi connectivity index (χ1) is 7.27. The molecule has 0 aliphatic carbocycles. The van der Waals surface area contributed by atoms with Gasteiger partial charge in [0.05, 0.1) is 0 Å². The lowest BCUT2D eigenvalue weighted by molar-refractivity contribution is -0.137. The van der Waals surface area contributed by atoms with Gasteiger partial charge < -0.3 is 5.11 Å². The van der Waals surface area contributed by atoms with Gasteiger partial charge in [-0.15, -0.1) is 5.10 Å². The number of hydrogen-bond acceptors (Lipinski definition) is 6. The van der Waals surface area contributed by atoms with E-state index in [0.29, 0.717) is 5.82 Å². The second-order valence-electron chi connectivity index (χ2n) is 2.63.